The summed E-state index contributed by atoms with van der Waals surface area (Å²) in [6, 6.07) is 5.83. The zero-order valence-electron chi connectivity index (χ0n) is 10.2. The van der Waals surface area contributed by atoms with Gasteiger partial charge in [0.1, 0.15) is 10.8 Å². The van der Waals surface area contributed by atoms with Crippen LogP contribution in [0.4, 0.5) is 5.82 Å². The Kier molecular flexibility index (Phi) is 3.94. The van der Waals surface area contributed by atoms with Gasteiger partial charge in [0.05, 0.1) is 5.69 Å². The first-order valence-electron chi connectivity index (χ1n) is 6.15. The summed E-state index contributed by atoms with van der Waals surface area (Å²) in [6.45, 7) is 1.08. The molecule has 0 aliphatic heterocycles. The van der Waals surface area contributed by atoms with E-state index in [9.17, 15) is 0 Å². The van der Waals surface area contributed by atoms with Crippen molar-refractivity contribution < 1.29 is 0 Å². The molecule has 0 aromatic carbocycles. The minimum atomic E-state index is 0.362. The first-order chi connectivity index (χ1) is 8.16. The van der Waals surface area contributed by atoms with Gasteiger partial charge in [-0.05, 0) is 30.9 Å². The van der Waals surface area contributed by atoms with Gasteiger partial charge in [-0.3, -0.25) is 0 Å². The fourth-order valence-electron chi connectivity index (χ4n) is 2.45. The average Bonchev–Trinajstić information content (AvgIpc) is 2.82. The molecular formula is C13H19N3S. The second-order valence-corrected chi connectivity index (χ2v) is 5.22. The summed E-state index contributed by atoms with van der Waals surface area (Å²) >= 11 is 4.95. The van der Waals surface area contributed by atoms with Crippen molar-refractivity contribution in [3.63, 3.8) is 0 Å². The van der Waals surface area contributed by atoms with E-state index in [0.717, 1.165) is 18.3 Å². The molecule has 0 atom stereocenters. The normalized spacial score (nSPS) is 16.1. The second-order valence-electron chi connectivity index (χ2n) is 4.78. The predicted octanol–water partition coefficient (Wildman–Crippen LogP) is 2.34. The first kappa shape index (κ1) is 12.3. The number of rotatable bonds is 4. The second kappa shape index (κ2) is 5.45. The van der Waals surface area contributed by atoms with Crippen LogP contribution in [-0.4, -0.2) is 23.6 Å². The van der Waals surface area contributed by atoms with Gasteiger partial charge in [0.25, 0.3) is 0 Å². The number of hydrogen-bond acceptors (Lipinski definition) is 3. The Morgan fingerprint density at radius 3 is 2.82 bits per heavy atom. The van der Waals surface area contributed by atoms with Gasteiger partial charge in [-0.1, -0.05) is 31.1 Å². The topological polar surface area (TPSA) is 42.1 Å². The zero-order chi connectivity index (χ0) is 12.3. The van der Waals surface area contributed by atoms with Gasteiger partial charge >= 0.3 is 0 Å². The van der Waals surface area contributed by atoms with E-state index in [0.29, 0.717) is 10.7 Å². The van der Waals surface area contributed by atoms with Crippen LogP contribution in [-0.2, 0) is 0 Å². The highest BCUT2D eigenvalue weighted by molar-refractivity contribution is 7.80. The summed E-state index contributed by atoms with van der Waals surface area (Å²) in [4.78, 5) is 7.04. The third-order valence-corrected chi connectivity index (χ3v) is 3.59. The van der Waals surface area contributed by atoms with Crippen LogP contribution in [0.1, 0.15) is 31.4 Å². The molecular weight excluding hydrogens is 230 g/mol. The van der Waals surface area contributed by atoms with Gasteiger partial charge in [-0.2, -0.15) is 0 Å². The van der Waals surface area contributed by atoms with Crippen LogP contribution in [0.3, 0.4) is 0 Å². The standard InChI is InChI=1S/C13H19N3S/c1-16(9-10-5-2-3-6-10)12-8-4-7-11(15-12)13(14)17/h4,7-8,10H,2-3,5-6,9H2,1H3,(H2,14,17). The van der Waals surface area contributed by atoms with Crippen molar-refractivity contribution in [2.24, 2.45) is 11.7 Å². The molecule has 0 unspecified atom stereocenters. The highest BCUT2D eigenvalue weighted by Crippen LogP contribution is 2.26. The molecule has 1 aliphatic rings. The van der Waals surface area contributed by atoms with Gasteiger partial charge in [0.2, 0.25) is 0 Å². The Labute approximate surface area is 108 Å². The molecule has 2 rings (SSSR count). The number of pyridine rings is 1. The number of hydrogen-bond donors (Lipinski definition) is 1. The fourth-order valence-corrected chi connectivity index (χ4v) is 2.56. The molecule has 1 saturated carbocycles. The summed E-state index contributed by atoms with van der Waals surface area (Å²) in [5.74, 6) is 1.78. The maximum atomic E-state index is 5.60. The Hall–Kier alpha value is -1.16. The van der Waals surface area contributed by atoms with Crippen LogP contribution in [0, 0.1) is 5.92 Å². The Balaban J connectivity index is 2.04. The molecule has 1 aromatic rings. The minimum Gasteiger partial charge on any atom is -0.388 e. The lowest BCUT2D eigenvalue weighted by Crippen LogP contribution is -2.25. The summed E-state index contributed by atoms with van der Waals surface area (Å²) < 4.78 is 0. The molecule has 2 N–H and O–H groups in total. The van der Waals surface area contributed by atoms with E-state index in [1.165, 1.54) is 25.7 Å². The monoisotopic (exact) mass is 249 g/mol. The Morgan fingerprint density at radius 2 is 2.18 bits per heavy atom. The summed E-state index contributed by atoms with van der Waals surface area (Å²) in [6.07, 6.45) is 5.44. The van der Waals surface area contributed by atoms with Crippen LogP contribution < -0.4 is 10.6 Å². The van der Waals surface area contributed by atoms with E-state index < -0.39 is 0 Å². The number of anilines is 1. The predicted molar refractivity (Wildman–Crippen MR) is 75.4 cm³/mol. The van der Waals surface area contributed by atoms with E-state index in [1.807, 2.05) is 18.2 Å². The smallest absolute Gasteiger partial charge is 0.129 e. The number of aromatic nitrogens is 1. The fraction of sp³-hybridized carbons (Fsp3) is 0.538. The number of nitrogens with zero attached hydrogens (tertiary/aromatic N) is 2. The highest BCUT2D eigenvalue weighted by Gasteiger charge is 2.17. The van der Waals surface area contributed by atoms with Crippen LogP contribution in [0.15, 0.2) is 18.2 Å². The average molecular weight is 249 g/mol. The lowest BCUT2D eigenvalue weighted by atomic mass is 10.1. The van der Waals surface area contributed by atoms with Crippen molar-refractivity contribution in [1.82, 2.24) is 4.98 Å². The minimum absolute atomic E-state index is 0.362. The first-order valence-corrected chi connectivity index (χ1v) is 6.55. The molecule has 3 nitrogen and oxygen atoms in total. The maximum absolute atomic E-state index is 5.60. The molecule has 4 heteroatoms. The largest absolute Gasteiger partial charge is 0.388 e. The third kappa shape index (κ3) is 3.16. The van der Waals surface area contributed by atoms with Crippen molar-refractivity contribution in [2.45, 2.75) is 25.7 Å². The van der Waals surface area contributed by atoms with Crippen molar-refractivity contribution in [2.75, 3.05) is 18.5 Å². The van der Waals surface area contributed by atoms with E-state index in [1.54, 1.807) is 0 Å². The Morgan fingerprint density at radius 1 is 1.47 bits per heavy atom. The molecule has 0 radical (unpaired) electrons. The van der Waals surface area contributed by atoms with Crippen molar-refractivity contribution in [1.29, 1.82) is 0 Å². The molecule has 1 heterocycles. The highest BCUT2D eigenvalue weighted by atomic mass is 32.1. The van der Waals surface area contributed by atoms with E-state index in [4.69, 9.17) is 18.0 Å². The van der Waals surface area contributed by atoms with Crippen LogP contribution in [0.2, 0.25) is 0 Å². The van der Waals surface area contributed by atoms with Gasteiger partial charge in [-0.25, -0.2) is 4.98 Å². The molecule has 1 aromatic heterocycles. The lowest BCUT2D eigenvalue weighted by molar-refractivity contribution is 0.545. The van der Waals surface area contributed by atoms with Gasteiger partial charge < -0.3 is 10.6 Å². The molecule has 1 aliphatic carbocycles. The van der Waals surface area contributed by atoms with Crippen LogP contribution >= 0.6 is 12.2 Å². The summed E-state index contributed by atoms with van der Waals surface area (Å²) in [7, 11) is 2.09. The van der Waals surface area contributed by atoms with Gasteiger partial charge in [0.15, 0.2) is 0 Å². The lowest BCUT2D eigenvalue weighted by Gasteiger charge is -2.22. The van der Waals surface area contributed by atoms with Crippen molar-refractivity contribution >= 4 is 23.0 Å². The number of thiocarbonyl (C=S) groups is 1. The van der Waals surface area contributed by atoms with E-state index in [-0.39, 0.29) is 0 Å². The quantitative estimate of drug-likeness (QED) is 0.832. The Bertz CT molecular complexity index is 399. The van der Waals surface area contributed by atoms with Gasteiger partial charge in [-0.15, -0.1) is 0 Å². The molecule has 0 spiro atoms. The molecule has 0 amide bonds. The molecule has 0 bridgehead atoms. The SMILES string of the molecule is CN(CC1CCCC1)c1cccc(C(N)=S)n1. The van der Waals surface area contributed by atoms with E-state index in [2.05, 4.69) is 16.9 Å². The molecule has 1 fully saturated rings. The molecule has 92 valence electrons. The summed E-state index contributed by atoms with van der Waals surface area (Å²) in [5.41, 5.74) is 6.30. The number of nitrogens with two attached hydrogens (primary N) is 1. The zero-order valence-corrected chi connectivity index (χ0v) is 11.0. The third-order valence-electron chi connectivity index (χ3n) is 3.38. The van der Waals surface area contributed by atoms with E-state index >= 15 is 0 Å². The van der Waals surface area contributed by atoms with Gasteiger partial charge in [0, 0.05) is 13.6 Å². The maximum Gasteiger partial charge on any atom is 0.129 e. The molecule has 17 heavy (non-hydrogen) atoms. The molecule has 0 saturated heterocycles. The van der Waals surface area contributed by atoms with Crippen molar-refractivity contribution in [3.8, 4) is 0 Å². The summed E-state index contributed by atoms with van der Waals surface area (Å²) in [5, 5.41) is 0. The van der Waals surface area contributed by atoms with Crippen molar-refractivity contribution in [3.05, 3.63) is 23.9 Å². The van der Waals surface area contributed by atoms with Crippen LogP contribution in [0.5, 0.6) is 0 Å². The van der Waals surface area contributed by atoms with Crippen LogP contribution in [0.25, 0.3) is 0 Å².